The number of aromatic nitrogens is 1. The van der Waals surface area contributed by atoms with E-state index >= 15 is 0 Å². The number of sulfonamides is 1. The molecular formula is C21H22N2O3S2. The highest BCUT2D eigenvalue weighted by molar-refractivity contribution is 7.89. The van der Waals surface area contributed by atoms with Crippen LogP contribution in [0, 0.1) is 0 Å². The van der Waals surface area contributed by atoms with Crippen LogP contribution in [0.2, 0.25) is 0 Å². The van der Waals surface area contributed by atoms with Gasteiger partial charge < -0.3 is 4.74 Å². The van der Waals surface area contributed by atoms with Gasteiger partial charge in [0.05, 0.1) is 22.8 Å². The van der Waals surface area contributed by atoms with Crippen molar-refractivity contribution < 1.29 is 13.2 Å². The average molecular weight is 415 g/mol. The molecule has 3 aromatic rings. The lowest BCUT2D eigenvalue weighted by atomic mass is 10.2. The van der Waals surface area contributed by atoms with E-state index in [-0.39, 0.29) is 12.2 Å². The van der Waals surface area contributed by atoms with Gasteiger partial charge in [0.25, 0.3) is 0 Å². The molecule has 0 amide bonds. The summed E-state index contributed by atoms with van der Waals surface area (Å²) in [6, 6.07) is 17.0. The van der Waals surface area contributed by atoms with Crippen molar-refractivity contribution in [1.82, 2.24) is 9.29 Å². The molecule has 0 spiro atoms. The molecule has 0 N–H and O–H groups in total. The van der Waals surface area contributed by atoms with E-state index < -0.39 is 10.0 Å². The third-order valence-electron chi connectivity index (χ3n) is 4.68. The minimum Gasteiger partial charge on any atom is -0.373 e. The molecule has 1 fully saturated rings. The van der Waals surface area contributed by atoms with Gasteiger partial charge in [-0.1, -0.05) is 42.5 Å². The largest absolute Gasteiger partial charge is 0.373 e. The van der Waals surface area contributed by atoms with Crippen LogP contribution in [0.1, 0.15) is 13.8 Å². The van der Waals surface area contributed by atoms with Gasteiger partial charge in [-0.15, -0.1) is 11.3 Å². The van der Waals surface area contributed by atoms with Crippen molar-refractivity contribution >= 4 is 21.4 Å². The van der Waals surface area contributed by atoms with E-state index in [4.69, 9.17) is 9.72 Å². The molecule has 0 unspecified atom stereocenters. The summed E-state index contributed by atoms with van der Waals surface area (Å²) in [5.74, 6) is 0. The molecule has 0 aliphatic carbocycles. The summed E-state index contributed by atoms with van der Waals surface area (Å²) in [5.41, 5.74) is 2.64. The number of rotatable bonds is 4. The summed E-state index contributed by atoms with van der Waals surface area (Å²) in [6.07, 6.45) is -0.234. The van der Waals surface area contributed by atoms with Gasteiger partial charge in [-0.05, 0) is 26.0 Å². The quantitative estimate of drug-likeness (QED) is 0.640. The van der Waals surface area contributed by atoms with Crippen LogP contribution in [0.4, 0.5) is 0 Å². The molecule has 0 saturated carbocycles. The second-order valence-corrected chi connectivity index (χ2v) is 9.81. The van der Waals surface area contributed by atoms with Crippen LogP contribution in [-0.4, -0.2) is 43.0 Å². The summed E-state index contributed by atoms with van der Waals surface area (Å²) in [7, 11) is -3.57. The highest BCUT2D eigenvalue weighted by atomic mass is 32.2. The summed E-state index contributed by atoms with van der Waals surface area (Å²) >= 11 is 1.55. The first-order chi connectivity index (χ1) is 13.4. The van der Waals surface area contributed by atoms with Gasteiger partial charge in [-0.2, -0.15) is 4.31 Å². The van der Waals surface area contributed by atoms with E-state index in [2.05, 4.69) is 0 Å². The van der Waals surface area contributed by atoms with Gasteiger partial charge in [0.1, 0.15) is 5.01 Å². The molecule has 1 saturated heterocycles. The van der Waals surface area contributed by atoms with Crippen molar-refractivity contribution in [2.24, 2.45) is 0 Å². The Hall–Kier alpha value is -2.06. The number of nitrogens with zero attached hydrogens (tertiary/aromatic N) is 2. The van der Waals surface area contributed by atoms with Crippen LogP contribution in [0.15, 0.2) is 64.9 Å². The van der Waals surface area contributed by atoms with E-state index in [1.807, 2.05) is 55.6 Å². The second-order valence-electron chi connectivity index (χ2n) is 7.01. The molecular weight excluding hydrogens is 392 g/mol. The lowest BCUT2D eigenvalue weighted by Gasteiger charge is -2.34. The first kappa shape index (κ1) is 19.3. The normalized spacial score (nSPS) is 20.9. The maximum absolute atomic E-state index is 13.1. The summed E-state index contributed by atoms with van der Waals surface area (Å²) in [4.78, 5) is 4.99. The summed E-state index contributed by atoms with van der Waals surface area (Å²) in [5, 5.41) is 2.88. The number of benzene rings is 2. The Labute approximate surface area is 169 Å². The zero-order chi connectivity index (χ0) is 19.7. The lowest BCUT2D eigenvalue weighted by molar-refractivity contribution is -0.0440. The summed E-state index contributed by atoms with van der Waals surface area (Å²) < 4.78 is 33.5. The van der Waals surface area contributed by atoms with Crippen LogP contribution >= 0.6 is 11.3 Å². The molecule has 7 heteroatoms. The van der Waals surface area contributed by atoms with Crippen molar-refractivity contribution in [2.45, 2.75) is 31.0 Å². The highest BCUT2D eigenvalue weighted by Crippen LogP contribution is 2.30. The van der Waals surface area contributed by atoms with Gasteiger partial charge in [0.15, 0.2) is 0 Å². The molecule has 5 nitrogen and oxygen atoms in total. The van der Waals surface area contributed by atoms with Crippen LogP contribution in [0.3, 0.4) is 0 Å². The van der Waals surface area contributed by atoms with E-state index in [1.54, 1.807) is 29.5 Å². The maximum atomic E-state index is 13.1. The molecule has 0 bridgehead atoms. The third kappa shape index (κ3) is 3.89. The predicted octanol–water partition coefficient (Wildman–Crippen LogP) is 4.28. The molecule has 1 aromatic heterocycles. The van der Waals surface area contributed by atoms with E-state index in [9.17, 15) is 8.42 Å². The van der Waals surface area contributed by atoms with Crippen molar-refractivity contribution in [3.05, 3.63) is 60.0 Å². The Morgan fingerprint density at radius 3 is 2.39 bits per heavy atom. The average Bonchev–Trinajstić information content (AvgIpc) is 3.18. The van der Waals surface area contributed by atoms with Crippen molar-refractivity contribution in [3.63, 3.8) is 0 Å². The Morgan fingerprint density at radius 1 is 1.00 bits per heavy atom. The Morgan fingerprint density at radius 2 is 1.68 bits per heavy atom. The van der Waals surface area contributed by atoms with Crippen LogP contribution in [-0.2, 0) is 14.8 Å². The zero-order valence-electron chi connectivity index (χ0n) is 15.8. The van der Waals surface area contributed by atoms with E-state index in [0.29, 0.717) is 18.0 Å². The minimum atomic E-state index is -3.57. The molecule has 1 aliphatic rings. The lowest BCUT2D eigenvalue weighted by Crippen LogP contribution is -2.48. The zero-order valence-corrected chi connectivity index (χ0v) is 17.4. The van der Waals surface area contributed by atoms with E-state index in [0.717, 1.165) is 21.8 Å². The van der Waals surface area contributed by atoms with Crippen LogP contribution in [0.5, 0.6) is 0 Å². The molecule has 2 atom stereocenters. The predicted molar refractivity (Wildman–Crippen MR) is 112 cm³/mol. The monoisotopic (exact) mass is 414 g/mol. The smallest absolute Gasteiger partial charge is 0.243 e. The number of thiazole rings is 1. The Bertz CT molecular complexity index is 1050. The minimum absolute atomic E-state index is 0.117. The topological polar surface area (TPSA) is 59.5 Å². The molecule has 1 aliphatic heterocycles. The number of ether oxygens (including phenoxy) is 1. The molecule has 28 heavy (non-hydrogen) atoms. The SMILES string of the molecule is C[C@H]1CN(S(=O)(=O)c2cccc(-c3csc(-c4ccccc4)n3)c2)C[C@H](C)O1. The fourth-order valence-electron chi connectivity index (χ4n) is 3.41. The highest BCUT2D eigenvalue weighted by Gasteiger charge is 2.32. The van der Waals surface area contributed by atoms with Gasteiger partial charge in [-0.25, -0.2) is 13.4 Å². The van der Waals surface area contributed by atoms with E-state index in [1.165, 1.54) is 4.31 Å². The fourth-order valence-corrected chi connectivity index (χ4v) is 5.88. The van der Waals surface area contributed by atoms with Gasteiger partial charge in [-0.3, -0.25) is 0 Å². The van der Waals surface area contributed by atoms with Crippen LogP contribution in [0.25, 0.3) is 21.8 Å². The number of hydrogen-bond donors (Lipinski definition) is 0. The second kappa shape index (κ2) is 7.75. The first-order valence-corrected chi connectivity index (χ1v) is 11.5. The standard InChI is InChI=1S/C21H22N2O3S2/c1-15-12-23(13-16(2)26-15)28(24,25)19-10-6-9-18(11-19)20-14-27-21(22-20)17-7-4-3-5-8-17/h3-11,14-16H,12-13H2,1-2H3/t15-,16-/m0/s1. The number of morpholine rings is 1. The molecule has 4 rings (SSSR count). The Kier molecular flexibility index (Phi) is 5.33. The van der Waals surface area contributed by atoms with Crippen LogP contribution < -0.4 is 0 Å². The maximum Gasteiger partial charge on any atom is 0.243 e. The molecule has 0 radical (unpaired) electrons. The van der Waals surface area contributed by atoms with Gasteiger partial charge >= 0.3 is 0 Å². The Balaban J connectivity index is 1.64. The first-order valence-electron chi connectivity index (χ1n) is 9.20. The summed E-state index contributed by atoms with van der Waals surface area (Å²) in [6.45, 7) is 4.53. The van der Waals surface area contributed by atoms with Crippen molar-refractivity contribution in [1.29, 1.82) is 0 Å². The number of hydrogen-bond acceptors (Lipinski definition) is 5. The van der Waals surface area contributed by atoms with Crippen molar-refractivity contribution in [3.8, 4) is 21.8 Å². The fraction of sp³-hybridized carbons (Fsp3) is 0.286. The van der Waals surface area contributed by atoms with Gasteiger partial charge in [0, 0.05) is 29.6 Å². The molecule has 146 valence electrons. The third-order valence-corrected chi connectivity index (χ3v) is 7.40. The van der Waals surface area contributed by atoms with Gasteiger partial charge in [0.2, 0.25) is 10.0 Å². The molecule has 2 aromatic carbocycles. The van der Waals surface area contributed by atoms with Crippen molar-refractivity contribution in [2.75, 3.05) is 13.1 Å². The molecule has 2 heterocycles.